The van der Waals surface area contributed by atoms with Crippen molar-refractivity contribution in [3.05, 3.63) is 71.3 Å². The predicted octanol–water partition coefficient (Wildman–Crippen LogP) is 3.41. The smallest absolute Gasteiger partial charge is 0.254 e. The number of carbonyl (C=O) groups excluding carboxylic acids is 1. The first-order valence-corrected chi connectivity index (χ1v) is 10.3. The van der Waals surface area contributed by atoms with E-state index in [0.717, 1.165) is 41.5 Å². The number of pyridine rings is 1. The molecule has 7 nitrogen and oxygen atoms in total. The average Bonchev–Trinajstić information content (AvgIpc) is 3.46. The number of fused-ring (bicyclic) bond motifs is 3. The Morgan fingerprint density at radius 1 is 1.20 bits per heavy atom. The highest BCUT2D eigenvalue weighted by Crippen LogP contribution is 2.23. The van der Waals surface area contributed by atoms with Crippen molar-refractivity contribution in [2.24, 2.45) is 0 Å². The molecule has 5 rings (SSSR count). The van der Waals surface area contributed by atoms with E-state index in [1.165, 1.54) is 0 Å². The molecule has 0 saturated carbocycles. The van der Waals surface area contributed by atoms with Crippen LogP contribution in [0, 0.1) is 6.92 Å². The molecule has 2 aromatic carbocycles. The molecule has 3 heterocycles. The van der Waals surface area contributed by atoms with E-state index in [-0.39, 0.29) is 12.0 Å². The zero-order valence-corrected chi connectivity index (χ0v) is 16.9. The summed E-state index contributed by atoms with van der Waals surface area (Å²) in [6.45, 7) is 3.77. The maximum atomic E-state index is 13.3. The standard InChI is InChI=1S/C23H23N5O2/c1-16-9-10-18-13-19(22-24-25-26-28(22)21(18)12-16)14-27(15-20-8-5-11-30-20)23(29)17-6-3-2-4-7-17/h2-4,6-7,9-10,12-13,20H,5,8,11,14-15H2,1H3/t20-/m0/s1. The first-order valence-electron chi connectivity index (χ1n) is 10.3. The van der Waals surface area contributed by atoms with Crippen molar-refractivity contribution in [3.8, 4) is 0 Å². The molecule has 30 heavy (non-hydrogen) atoms. The SMILES string of the molecule is Cc1ccc2cc(CN(C[C@@H]3CCCO3)C(=O)c3ccccc3)c3nnnn3c2c1. The molecule has 1 atom stereocenters. The summed E-state index contributed by atoms with van der Waals surface area (Å²) in [5.74, 6) is -0.0132. The Morgan fingerprint density at radius 3 is 2.87 bits per heavy atom. The summed E-state index contributed by atoms with van der Waals surface area (Å²) in [5, 5.41) is 13.4. The second kappa shape index (κ2) is 7.84. The summed E-state index contributed by atoms with van der Waals surface area (Å²) < 4.78 is 7.58. The van der Waals surface area contributed by atoms with Gasteiger partial charge in [-0.25, -0.2) is 0 Å². The van der Waals surface area contributed by atoms with Crippen LogP contribution in [0.4, 0.5) is 0 Å². The first kappa shape index (κ1) is 18.7. The number of rotatable bonds is 5. The summed E-state index contributed by atoms with van der Waals surface area (Å²) in [5.41, 5.74) is 4.36. The third-order valence-electron chi connectivity index (χ3n) is 5.62. The van der Waals surface area contributed by atoms with Crippen molar-refractivity contribution in [2.75, 3.05) is 13.2 Å². The lowest BCUT2D eigenvalue weighted by atomic mass is 10.1. The fourth-order valence-electron chi connectivity index (χ4n) is 4.10. The highest BCUT2D eigenvalue weighted by atomic mass is 16.5. The van der Waals surface area contributed by atoms with Gasteiger partial charge in [0.25, 0.3) is 5.91 Å². The zero-order chi connectivity index (χ0) is 20.5. The molecule has 0 aliphatic carbocycles. The van der Waals surface area contributed by atoms with Crippen LogP contribution in [0.5, 0.6) is 0 Å². The largest absolute Gasteiger partial charge is 0.376 e. The van der Waals surface area contributed by atoms with Crippen molar-refractivity contribution in [1.29, 1.82) is 0 Å². The fourth-order valence-corrected chi connectivity index (χ4v) is 4.10. The third kappa shape index (κ3) is 3.52. The molecule has 2 aromatic heterocycles. The molecule has 4 aromatic rings. The molecular weight excluding hydrogens is 378 g/mol. The summed E-state index contributed by atoms with van der Waals surface area (Å²) in [6.07, 6.45) is 2.07. The minimum atomic E-state index is -0.0132. The molecule has 1 amide bonds. The summed E-state index contributed by atoms with van der Waals surface area (Å²) in [7, 11) is 0. The number of nitrogens with zero attached hydrogens (tertiary/aromatic N) is 5. The highest BCUT2D eigenvalue weighted by Gasteiger charge is 2.25. The van der Waals surface area contributed by atoms with Crippen molar-refractivity contribution >= 4 is 22.5 Å². The van der Waals surface area contributed by atoms with Gasteiger partial charge in [0.2, 0.25) is 0 Å². The Balaban J connectivity index is 1.55. The van der Waals surface area contributed by atoms with Crippen molar-refractivity contribution in [2.45, 2.75) is 32.4 Å². The van der Waals surface area contributed by atoms with Gasteiger partial charge in [-0.05, 0) is 60.0 Å². The lowest BCUT2D eigenvalue weighted by molar-refractivity contribution is 0.0508. The molecule has 0 bridgehead atoms. The lowest BCUT2D eigenvalue weighted by Crippen LogP contribution is -2.37. The number of amides is 1. The number of carbonyl (C=O) groups is 1. The fraction of sp³-hybridized carbons (Fsp3) is 0.304. The molecule has 1 saturated heterocycles. The molecule has 0 N–H and O–H groups in total. The van der Waals surface area contributed by atoms with E-state index in [1.54, 1.807) is 4.52 Å². The molecule has 7 heteroatoms. The third-order valence-corrected chi connectivity index (χ3v) is 5.62. The summed E-state index contributed by atoms with van der Waals surface area (Å²) in [6, 6.07) is 17.7. The number of hydrogen-bond donors (Lipinski definition) is 0. The van der Waals surface area contributed by atoms with Gasteiger partial charge in [-0.1, -0.05) is 30.3 Å². The Kier molecular flexibility index (Phi) is 4.88. The van der Waals surface area contributed by atoms with Crippen LogP contribution in [0.3, 0.4) is 0 Å². The Morgan fingerprint density at radius 2 is 2.07 bits per heavy atom. The van der Waals surface area contributed by atoms with Crippen LogP contribution >= 0.6 is 0 Å². The van der Waals surface area contributed by atoms with Crippen LogP contribution < -0.4 is 0 Å². The van der Waals surface area contributed by atoms with Crippen molar-refractivity contribution in [3.63, 3.8) is 0 Å². The summed E-state index contributed by atoms with van der Waals surface area (Å²) >= 11 is 0. The molecule has 0 unspecified atom stereocenters. The van der Waals surface area contributed by atoms with Crippen LogP contribution in [0.25, 0.3) is 16.6 Å². The van der Waals surface area contributed by atoms with E-state index in [2.05, 4.69) is 39.8 Å². The maximum Gasteiger partial charge on any atom is 0.254 e. The van der Waals surface area contributed by atoms with Gasteiger partial charge in [-0.3, -0.25) is 4.79 Å². The average molecular weight is 401 g/mol. The lowest BCUT2D eigenvalue weighted by Gasteiger charge is -2.26. The van der Waals surface area contributed by atoms with Crippen LogP contribution in [0.2, 0.25) is 0 Å². The van der Waals surface area contributed by atoms with Gasteiger partial charge in [0.15, 0.2) is 5.65 Å². The monoisotopic (exact) mass is 401 g/mol. The number of tetrazole rings is 1. The molecule has 0 radical (unpaired) electrons. The van der Waals surface area contributed by atoms with Gasteiger partial charge in [0.1, 0.15) is 0 Å². The molecule has 1 aliphatic rings. The van der Waals surface area contributed by atoms with E-state index in [0.29, 0.717) is 24.3 Å². The van der Waals surface area contributed by atoms with E-state index in [4.69, 9.17) is 4.74 Å². The van der Waals surface area contributed by atoms with E-state index in [1.807, 2.05) is 42.2 Å². The molecular formula is C23H23N5O2. The minimum absolute atomic E-state index is 0.0132. The maximum absolute atomic E-state index is 13.3. The van der Waals surface area contributed by atoms with Crippen LogP contribution in [-0.4, -0.2) is 50.1 Å². The quantitative estimate of drug-likeness (QED) is 0.512. The van der Waals surface area contributed by atoms with Gasteiger partial charge in [0.05, 0.1) is 11.6 Å². The van der Waals surface area contributed by atoms with Crippen LogP contribution in [-0.2, 0) is 11.3 Å². The highest BCUT2D eigenvalue weighted by molar-refractivity contribution is 5.94. The summed E-state index contributed by atoms with van der Waals surface area (Å²) in [4.78, 5) is 15.2. The van der Waals surface area contributed by atoms with Gasteiger partial charge in [0, 0.05) is 36.2 Å². The zero-order valence-electron chi connectivity index (χ0n) is 16.9. The van der Waals surface area contributed by atoms with E-state index >= 15 is 0 Å². The second-order valence-electron chi connectivity index (χ2n) is 7.83. The second-order valence-corrected chi connectivity index (χ2v) is 7.83. The number of ether oxygens (including phenoxy) is 1. The molecule has 1 aliphatic heterocycles. The van der Waals surface area contributed by atoms with Crippen LogP contribution in [0.15, 0.2) is 54.6 Å². The van der Waals surface area contributed by atoms with Gasteiger partial charge in [-0.2, -0.15) is 4.52 Å². The van der Waals surface area contributed by atoms with Crippen molar-refractivity contribution in [1.82, 2.24) is 24.9 Å². The normalized spacial score (nSPS) is 16.4. The Bertz CT molecular complexity index is 1200. The number of benzene rings is 2. The molecule has 152 valence electrons. The van der Waals surface area contributed by atoms with Crippen LogP contribution in [0.1, 0.15) is 34.3 Å². The number of aryl methyl sites for hydroxylation is 1. The Hall–Kier alpha value is -3.32. The van der Waals surface area contributed by atoms with E-state index in [9.17, 15) is 4.79 Å². The predicted molar refractivity (Wildman–Crippen MR) is 113 cm³/mol. The molecule has 0 spiro atoms. The van der Waals surface area contributed by atoms with Gasteiger partial charge < -0.3 is 9.64 Å². The minimum Gasteiger partial charge on any atom is -0.376 e. The molecule has 1 fully saturated rings. The number of aromatic nitrogens is 4. The number of hydrogen-bond acceptors (Lipinski definition) is 5. The van der Waals surface area contributed by atoms with Gasteiger partial charge in [-0.15, -0.1) is 5.10 Å². The van der Waals surface area contributed by atoms with Gasteiger partial charge >= 0.3 is 0 Å². The Labute approximate surface area is 174 Å². The van der Waals surface area contributed by atoms with Crippen molar-refractivity contribution < 1.29 is 9.53 Å². The first-order chi connectivity index (χ1) is 14.7. The topological polar surface area (TPSA) is 72.6 Å². The van der Waals surface area contributed by atoms with E-state index < -0.39 is 0 Å².